The molecule has 0 atom stereocenters. The minimum Gasteiger partial charge on any atom is -0.758 e. The molecule has 0 radical (unpaired) electrons. The van der Waals surface area contributed by atoms with Crippen LogP contribution in [0.1, 0.15) is 0 Å². The third kappa shape index (κ3) is 3.04. The number of ether oxygens (including phenoxy) is 3. The number of methoxy groups -OCH3 is 2. The second-order valence-electron chi connectivity index (χ2n) is 5.13. The van der Waals surface area contributed by atoms with Crippen molar-refractivity contribution in [1.29, 1.82) is 0 Å². The molecule has 0 spiro atoms. The van der Waals surface area contributed by atoms with Gasteiger partial charge in [0.2, 0.25) is 0 Å². The highest BCUT2D eigenvalue weighted by Gasteiger charge is 2.11. The van der Waals surface area contributed by atoms with E-state index in [0.717, 1.165) is 16.0 Å². The van der Waals surface area contributed by atoms with Crippen molar-refractivity contribution >= 4 is 16.6 Å². The summed E-state index contributed by atoms with van der Waals surface area (Å²) in [4.78, 5) is 4.34. The molecule has 0 unspecified atom stereocenters. The number of nitrogens with zero attached hydrogens (tertiary/aromatic N) is 2. The van der Waals surface area contributed by atoms with Gasteiger partial charge in [-0.05, 0) is 43.4 Å². The summed E-state index contributed by atoms with van der Waals surface area (Å²) in [6, 6.07) is 12.3. The molecule has 1 aromatic heterocycles. The minimum atomic E-state index is 0.563. The lowest BCUT2D eigenvalue weighted by molar-refractivity contribution is 0.355. The standard InChI is InChI=1S/C18H17N2O4/c1-20(21)12-4-6-13(7-5-12)24-16-8-9-19-15-11-18(23-3)17(22-2)10-14(15)16/h4-11H,1-3H3/q-1. The zero-order valence-corrected chi connectivity index (χ0v) is 13.6. The normalized spacial score (nSPS) is 10.5. The van der Waals surface area contributed by atoms with E-state index in [-0.39, 0.29) is 0 Å². The van der Waals surface area contributed by atoms with E-state index in [2.05, 4.69) is 4.98 Å². The van der Waals surface area contributed by atoms with Crippen molar-refractivity contribution in [2.24, 2.45) is 0 Å². The Bertz CT molecular complexity index is 848. The lowest BCUT2D eigenvalue weighted by Gasteiger charge is -2.24. The first-order chi connectivity index (χ1) is 11.6. The lowest BCUT2D eigenvalue weighted by Crippen LogP contribution is -2.05. The second-order valence-corrected chi connectivity index (χ2v) is 5.13. The van der Waals surface area contributed by atoms with Crippen LogP contribution in [0.4, 0.5) is 5.69 Å². The summed E-state index contributed by atoms with van der Waals surface area (Å²) in [6.45, 7) is 0. The molecule has 3 aromatic rings. The Morgan fingerprint density at radius 1 is 0.917 bits per heavy atom. The van der Waals surface area contributed by atoms with Gasteiger partial charge < -0.3 is 24.5 Å². The highest BCUT2D eigenvalue weighted by Crippen LogP contribution is 2.36. The van der Waals surface area contributed by atoms with Crippen molar-refractivity contribution < 1.29 is 14.2 Å². The zero-order chi connectivity index (χ0) is 17.1. The molecule has 0 saturated heterocycles. The fourth-order valence-electron chi connectivity index (χ4n) is 2.39. The van der Waals surface area contributed by atoms with E-state index in [1.165, 1.54) is 7.05 Å². The molecule has 0 bridgehead atoms. The lowest BCUT2D eigenvalue weighted by atomic mass is 10.2. The summed E-state index contributed by atoms with van der Waals surface area (Å²) < 4.78 is 16.6. The van der Waals surface area contributed by atoms with Gasteiger partial charge in [-0.15, -0.1) is 0 Å². The van der Waals surface area contributed by atoms with Gasteiger partial charge in [-0.3, -0.25) is 4.98 Å². The molecule has 0 N–H and O–H groups in total. The molecule has 3 rings (SSSR count). The predicted molar refractivity (Wildman–Crippen MR) is 93.1 cm³/mol. The third-order valence-corrected chi connectivity index (χ3v) is 3.64. The van der Waals surface area contributed by atoms with Gasteiger partial charge in [0.1, 0.15) is 11.5 Å². The second kappa shape index (κ2) is 6.64. The summed E-state index contributed by atoms with van der Waals surface area (Å²) in [5, 5.41) is 12.9. The summed E-state index contributed by atoms with van der Waals surface area (Å²) in [7, 11) is 4.61. The van der Waals surface area contributed by atoms with E-state index < -0.39 is 0 Å². The minimum absolute atomic E-state index is 0.563. The number of aromatic nitrogens is 1. The van der Waals surface area contributed by atoms with Crippen LogP contribution in [0.5, 0.6) is 23.0 Å². The van der Waals surface area contributed by atoms with Crippen LogP contribution in [-0.4, -0.2) is 26.3 Å². The van der Waals surface area contributed by atoms with E-state index >= 15 is 0 Å². The van der Waals surface area contributed by atoms with Crippen molar-refractivity contribution in [3.63, 3.8) is 0 Å². The van der Waals surface area contributed by atoms with E-state index in [9.17, 15) is 5.21 Å². The summed E-state index contributed by atoms with van der Waals surface area (Å²) in [6.07, 6.45) is 1.67. The van der Waals surface area contributed by atoms with Crippen molar-refractivity contribution in [3.8, 4) is 23.0 Å². The Balaban J connectivity index is 1.99. The molecule has 0 amide bonds. The molecule has 6 nitrogen and oxygen atoms in total. The van der Waals surface area contributed by atoms with Gasteiger partial charge in [0, 0.05) is 23.3 Å². The first-order valence-electron chi connectivity index (χ1n) is 7.32. The van der Waals surface area contributed by atoms with E-state index in [0.29, 0.717) is 28.7 Å². The molecule has 0 aliphatic carbocycles. The van der Waals surface area contributed by atoms with Crippen LogP contribution >= 0.6 is 0 Å². The van der Waals surface area contributed by atoms with Gasteiger partial charge >= 0.3 is 0 Å². The average molecular weight is 325 g/mol. The van der Waals surface area contributed by atoms with Crippen LogP contribution in [0.15, 0.2) is 48.7 Å². The van der Waals surface area contributed by atoms with Crippen LogP contribution in [0.25, 0.3) is 10.9 Å². The van der Waals surface area contributed by atoms with Gasteiger partial charge in [0.25, 0.3) is 0 Å². The number of anilines is 1. The van der Waals surface area contributed by atoms with Gasteiger partial charge in [0.15, 0.2) is 11.5 Å². The summed E-state index contributed by atoms with van der Waals surface area (Å²) in [5.41, 5.74) is 1.30. The Labute approximate surface area is 139 Å². The van der Waals surface area contributed by atoms with Crippen molar-refractivity contribution in [2.45, 2.75) is 0 Å². The monoisotopic (exact) mass is 325 g/mol. The van der Waals surface area contributed by atoms with Crippen molar-refractivity contribution in [1.82, 2.24) is 4.98 Å². The average Bonchev–Trinajstić information content (AvgIpc) is 2.61. The highest BCUT2D eigenvalue weighted by atomic mass is 16.5. The zero-order valence-electron chi connectivity index (χ0n) is 13.6. The molecular formula is C18H17N2O4-. The Morgan fingerprint density at radius 3 is 2.21 bits per heavy atom. The molecule has 124 valence electrons. The molecule has 6 heteroatoms. The van der Waals surface area contributed by atoms with Crippen LogP contribution in [-0.2, 0) is 0 Å². The quantitative estimate of drug-likeness (QED) is 0.661. The number of hydrogen-bond donors (Lipinski definition) is 0. The molecule has 2 aromatic carbocycles. The maximum absolute atomic E-state index is 11.3. The first-order valence-corrected chi connectivity index (χ1v) is 7.32. The third-order valence-electron chi connectivity index (χ3n) is 3.64. The Kier molecular flexibility index (Phi) is 4.39. The largest absolute Gasteiger partial charge is 0.758 e. The number of rotatable bonds is 5. The smallest absolute Gasteiger partial charge is 0.162 e. The first kappa shape index (κ1) is 15.9. The van der Waals surface area contributed by atoms with E-state index in [1.54, 1.807) is 56.8 Å². The summed E-state index contributed by atoms with van der Waals surface area (Å²) >= 11 is 0. The number of fused-ring (bicyclic) bond motifs is 1. The molecule has 24 heavy (non-hydrogen) atoms. The predicted octanol–water partition coefficient (Wildman–Crippen LogP) is 3.98. The summed E-state index contributed by atoms with van der Waals surface area (Å²) in [5.74, 6) is 2.48. The fourth-order valence-corrected chi connectivity index (χ4v) is 2.39. The molecule has 0 aliphatic heterocycles. The van der Waals surface area contributed by atoms with Crippen molar-refractivity contribution in [3.05, 3.63) is 53.9 Å². The highest BCUT2D eigenvalue weighted by molar-refractivity contribution is 5.88. The molecular weight excluding hydrogens is 308 g/mol. The molecule has 1 heterocycles. The maximum Gasteiger partial charge on any atom is 0.162 e. The molecule has 0 aliphatic rings. The van der Waals surface area contributed by atoms with Gasteiger partial charge in [-0.2, -0.15) is 0 Å². The maximum atomic E-state index is 11.3. The number of benzene rings is 2. The van der Waals surface area contributed by atoms with Crippen LogP contribution in [0.3, 0.4) is 0 Å². The van der Waals surface area contributed by atoms with Crippen LogP contribution < -0.4 is 19.3 Å². The van der Waals surface area contributed by atoms with Gasteiger partial charge in [-0.1, -0.05) is 0 Å². The number of pyridine rings is 1. The van der Waals surface area contributed by atoms with Crippen LogP contribution in [0.2, 0.25) is 0 Å². The van der Waals surface area contributed by atoms with Gasteiger partial charge in [0.05, 0.1) is 19.7 Å². The number of hydroxylamine groups is 1. The fraction of sp³-hybridized carbons (Fsp3) is 0.167. The molecule has 0 fully saturated rings. The van der Waals surface area contributed by atoms with E-state index in [1.807, 2.05) is 6.07 Å². The molecule has 0 saturated carbocycles. The van der Waals surface area contributed by atoms with E-state index in [4.69, 9.17) is 14.2 Å². The topological polar surface area (TPSA) is 66.9 Å². The number of hydrogen-bond acceptors (Lipinski definition) is 6. The Hall–Kier alpha value is -2.99. The van der Waals surface area contributed by atoms with Crippen LogP contribution in [0, 0.1) is 5.21 Å². The van der Waals surface area contributed by atoms with Crippen molar-refractivity contribution in [2.75, 3.05) is 26.3 Å². The Morgan fingerprint density at radius 2 is 1.58 bits per heavy atom. The van der Waals surface area contributed by atoms with Gasteiger partial charge in [-0.25, -0.2) is 0 Å². The SMILES string of the molecule is COc1cc2nccc(Oc3ccc(N(C)[O-])cc3)c2cc1OC.